The van der Waals surface area contributed by atoms with Crippen molar-refractivity contribution in [3.8, 4) is 5.75 Å². The third-order valence-corrected chi connectivity index (χ3v) is 5.57. The van der Waals surface area contributed by atoms with Crippen LogP contribution in [0.25, 0.3) is 5.57 Å². The number of carboxylic acid groups (broad SMARTS) is 1. The fourth-order valence-corrected chi connectivity index (χ4v) is 3.33. The number of allylic oxidation sites excluding steroid dienone is 5. The van der Waals surface area contributed by atoms with Crippen LogP contribution in [0.2, 0.25) is 0 Å². The summed E-state index contributed by atoms with van der Waals surface area (Å²) >= 11 is 0. The molecular formula is C29H44O3. The van der Waals surface area contributed by atoms with Gasteiger partial charge in [0, 0.05) is 16.7 Å². The summed E-state index contributed by atoms with van der Waals surface area (Å²) in [5, 5.41) is 9.02. The Labute approximate surface area is 196 Å². The van der Waals surface area contributed by atoms with Gasteiger partial charge in [-0.3, -0.25) is 0 Å². The van der Waals surface area contributed by atoms with Gasteiger partial charge in [0.05, 0.1) is 6.61 Å². The van der Waals surface area contributed by atoms with E-state index in [0.29, 0.717) is 12.2 Å². The molecule has 0 spiro atoms. The number of unbranched alkanes of at least 4 members (excludes halogenated alkanes) is 3. The third-order valence-electron chi connectivity index (χ3n) is 5.57. The summed E-state index contributed by atoms with van der Waals surface area (Å²) in [5.41, 5.74) is 5.01. The highest BCUT2D eigenvalue weighted by Gasteiger charge is 2.26. The topological polar surface area (TPSA) is 46.5 Å². The predicted octanol–water partition coefficient (Wildman–Crippen LogP) is 8.23. The highest BCUT2D eigenvalue weighted by atomic mass is 16.5. The number of hydrogen-bond donors (Lipinski definition) is 1. The van der Waals surface area contributed by atoms with E-state index in [9.17, 15) is 4.79 Å². The van der Waals surface area contributed by atoms with Crippen LogP contribution in [0.3, 0.4) is 0 Å². The van der Waals surface area contributed by atoms with Crippen molar-refractivity contribution < 1.29 is 14.6 Å². The van der Waals surface area contributed by atoms with Crippen molar-refractivity contribution in [3.05, 3.63) is 58.7 Å². The molecule has 1 N–H and O–H groups in total. The van der Waals surface area contributed by atoms with Crippen LogP contribution < -0.4 is 4.74 Å². The summed E-state index contributed by atoms with van der Waals surface area (Å²) in [5.74, 6) is 0.0724. The van der Waals surface area contributed by atoms with Crippen molar-refractivity contribution in [2.24, 2.45) is 0 Å². The Bertz CT molecular complexity index is 856. The molecule has 1 aromatic rings. The molecule has 0 heterocycles. The van der Waals surface area contributed by atoms with Gasteiger partial charge in [0.1, 0.15) is 5.75 Å². The summed E-state index contributed by atoms with van der Waals surface area (Å²) in [6.07, 6.45) is 12.0. The maximum Gasteiger partial charge on any atom is 0.331 e. The van der Waals surface area contributed by atoms with Gasteiger partial charge in [-0.1, -0.05) is 98.1 Å². The molecule has 0 unspecified atom stereocenters. The van der Waals surface area contributed by atoms with E-state index in [1.807, 2.05) is 12.2 Å². The zero-order valence-corrected chi connectivity index (χ0v) is 21.8. The Balaban J connectivity index is 3.49. The smallest absolute Gasteiger partial charge is 0.331 e. The molecule has 0 atom stereocenters. The van der Waals surface area contributed by atoms with Crippen LogP contribution >= 0.6 is 0 Å². The van der Waals surface area contributed by atoms with Crippen LogP contribution in [0.5, 0.6) is 5.75 Å². The molecule has 0 aliphatic heterocycles. The van der Waals surface area contributed by atoms with Crippen molar-refractivity contribution in [1.82, 2.24) is 0 Å². The zero-order valence-electron chi connectivity index (χ0n) is 21.8. The molecule has 0 radical (unpaired) electrons. The average molecular weight is 441 g/mol. The van der Waals surface area contributed by atoms with Crippen LogP contribution in [0.1, 0.15) is 105 Å². The summed E-state index contributed by atoms with van der Waals surface area (Å²) < 4.78 is 6.45. The van der Waals surface area contributed by atoms with Gasteiger partial charge in [-0.15, -0.1) is 0 Å². The molecule has 0 aliphatic carbocycles. The average Bonchev–Trinajstić information content (AvgIpc) is 2.68. The number of benzene rings is 1. The molecule has 0 saturated carbocycles. The van der Waals surface area contributed by atoms with E-state index in [0.717, 1.165) is 23.3 Å². The Kier molecular flexibility index (Phi) is 10.5. The molecule has 1 aromatic carbocycles. The van der Waals surface area contributed by atoms with Gasteiger partial charge in [-0.25, -0.2) is 4.79 Å². The molecule has 178 valence electrons. The fourth-order valence-electron chi connectivity index (χ4n) is 3.33. The highest BCUT2D eigenvalue weighted by molar-refractivity contribution is 5.86. The van der Waals surface area contributed by atoms with Crippen LogP contribution in [0.15, 0.2) is 42.0 Å². The van der Waals surface area contributed by atoms with Crippen LogP contribution in [0, 0.1) is 0 Å². The second-order valence-electron chi connectivity index (χ2n) is 10.7. The summed E-state index contributed by atoms with van der Waals surface area (Å²) in [6, 6.07) is 4.57. The lowest BCUT2D eigenvalue weighted by atomic mass is 9.78. The van der Waals surface area contributed by atoms with Crippen LogP contribution in [0.4, 0.5) is 0 Å². The van der Waals surface area contributed by atoms with Gasteiger partial charge >= 0.3 is 5.97 Å². The maximum atomic E-state index is 11.0. The molecule has 0 amide bonds. The molecule has 0 aliphatic rings. The number of aliphatic carboxylic acids is 1. The lowest BCUT2D eigenvalue weighted by molar-refractivity contribution is -0.132. The maximum absolute atomic E-state index is 11.0. The van der Waals surface area contributed by atoms with E-state index in [4.69, 9.17) is 9.84 Å². The van der Waals surface area contributed by atoms with E-state index >= 15 is 0 Å². The molecule has 1 rings (SSSR count). The quantitative estimate of drug-likeness (QED) is 0.226. The molecular weight excluding hydrogens is 396 g/mol. The van der Waals surface area contributed by atoms with Crippen molar-refractivity contribution in [2.45, 2.75) is 98.8 Å². The lowest BCUT2D eigenvalue weighted by Gasteiger charge is -2.29. The Morgan fingerprint density at radius 1 is 0.938 bits per heavy atom. The summed E-state index contributed by atoms with van der Waals surface area (Å²) in [4.78, 5) is 11.0. The monoisotopic (exact) mass is 440 g/mol. The van der Waals surface area contributed by atoms with Gasteiger partial charge in [-0.05, 0) is 48.3 Å². The zero-order chi connectivity index (χ0) is 24.5. The van der Waals surface area contributed by atoms with Crippen LogP contribution in [-0.2, 0) is 15.6 Å². The number of hydrogen-bond acceptors (Lipinski definition) is 2. The van der Waals surface area contributed by atoms with Crippen molar-refractivity contribution in [3.63, 3.8) is 0 Å². The minimum atomic E-state index is -0.901. The SMILES string of the molecule is CCCCCCOc1c(\C(C)=C/C=C/C=C(\C)C(=O)O)cc(C(C)(C)C)cc1C(C)(C)C. The molecule has 0 fully saturated rings. The van der Waals surface area contributed by atoms with Gasteiger partial charge in [-0.2, -0.15) is 0 Å². The first kappa shape index (κ1) is 27.7. The highest BCUT2D eigenvalue weighted by Crippen LogP contribution is 2.41. The molecule has 0 saturated heterocycles. The van der Waals surface area contributed by atoms with Gasteiger partial charge in [0.2, 0.25) is 0 Å². The van der Waals surface area contributed by atoms with Crippen LogP contribution in [-0.4, -0.2) is 17.7 Å². The van der Waals surface area contributed by atoms with Gasteiger partial charge < -0.3 is 9.84 Å². The Morgan fingerprint density at radius 3 is 2.09 bits per heavy atom. The second kappa shape index (κ2) is 12.1. The van der Waals surface area contributed by atoms with E-state index < -0.39 is 5.97 Å². The van der Waals surface area contributed by atoms with E-state index in [2.05, 4.69) is 67.5 Å². The number of carbonyl (C=O) groups is 1. The largest absolute Gasteiger partial charge is 0.493 e. The Morgan fingerprint density at radius 2 is 1.56 bits per heavy atom. The summed E-state index contributed by atoms with van der Waals surface area (Å²) in [6.45, 7) is 20.0. The predicted molar refractivity (Wildman–Crippen MR) is 138 cm³/mol. The first-order chi connectivity index (χ1) is 14.8. The van der Waals surface area contributed by atoms with E-state index in [1.165, 1.54) is 30.4 Å². The lowest BCUT2D eigenvalue weighted by Crippen LogP contribution is -2.19. The standard InChI is InChI=1S/C29H44O3/c1-10-11-12-15-18-32-26-24(21(2)16-13-14-17-22(3)27(30)31)19-23(28(4,5)6)20-25(26)29(7,8)9/h13-14,16-17,19-20H,10-12,15,18H2,1-9H3,(H,30,31)/b14-13+,21-16-,22-17+. The van der Waals surface area contributed by atoms with Crippen molar-refractivity contribution in [1.29, 1.82) is 0 Å². The first-order valence-electron chi connectivity index (χ1n) is 11.9. The fraction of sp³-hybridized carbons (Fsp3) is 0.552. The molecule has 0 aromatic heterocycles. The minimum absolute atomic E-state index is 0.0197. The number of ether oxygens (including phenoxy) is 1. The molecule has 3 nitrogen and oxygen atoms in total. The first-order valence-corrected chi connectivity index (χ1v) is 11.9. The number of rotatable bonds is 10. The number of carboxylic acids is 1. The normalized spacial score (nSPS) is 13.7. The third kappa shape index (κ3) is 8.68. The molecule has 0 bridgehead atoms. The van der Waals surface area contributed by atoms with E-state index in [1.54, 1.807) is 19.1 Å². The van der Waals surface area contributed by atoms with Crippen molar-refractivity contribution in [2.75, 3.05) is 6.61 Å². The minimum Gasteiger partial charge on any atom is -0.493 e. The summed E-state index contributed by atoms with van der Waals surface area (Å²) in [7, 11) is 0. The van der Waals surface area contributed by atoms with E-state index in [-0.39, 0.29) is 10.8 Å². The van der Waals surface area contributed by atoms with Gasteiger partial charge in [0.15, 0.2) is 0 Å². The second-order valence-corrected chi connectivity index (χ2v) is 10.7. The van der Waals surface area contributed by atoms with Gasteiger partial charge in [0.25, 0.3) is 0 Å². The molecule has 3 heteroatoms. The molecule has 32 heavy (non-hydrogen) atoms. The van der Waals surface area contributed by atoms with Crippen molar-refractivity contribution >= 4 is 11.5 Å². The Hall–Kier alpha value is -2.29.